The van der Waals surface area contributed by atoms with Gasteiger partial charge < -0.3 is 29.9 Å². The first-order chi connectivity index (χ1) is 16.0. The van der Waals surface area contributed by atoms with E-state index in [1.165, 1.54) is 11.1 Å². The first kappa shape index (κ1) is 21.3. The molecule has 1 unspecified atom stereocenters. The van der Waals surface area contributed by atoms with Gasteiger partial charge in [0.2, 0.25) is 5.95 Å². The van der Waals surface area contributed by atoms with Crippen molar-refractivity contribution in [2.24, 2.45) is 0 Å². The number of benzene rings is 2. The summed E-state index contributed by atoms with van der Waals surface area (Å²) in [6, 6.07) is 10.3. The molecule has 2 aromatic carbocycles. The van der Waals surface area contributed by atoms with Crippen LogP contribution in [0.2, 0.25) is 0 Å². The van der Waals surface area contributed by atoms with Gasteiger partial charge in [0.1, 0.15) is 11.9 Å². The zero-order valence-electron chi connectivity index (χ0n) is 19.1. The number of ether oxygens (including phenoxy) is 2. The number of cyclic esters (lactones) is 1. The molecule has 0 radical (unpaired) electrons. The second kappa shape index (κ2) is 8.74. The molecule has 172 valence electrons. The highest BCUT2D eigenvalue weighted by Crippen LogP contribution is 2.33. The van der Waals surface area contributed by atoms with Crippen molar-refractivity contribution in [1.29, 1.82) is 0 Å². The summed E-state index contributed by atoms with van der Waals surface area (Å²) >= 11 is 0. The summed E-state index contributed by atoms with van der Waals surface area (Å²) in [5, 5.41) is 6.99. The van der Waals surface area contributed by atoms with Crippen LogP contribution in [0.15, 0.2) is 36.5 Å². The summed E-state index contributed by atoms with van der Waals surface area (Å²) in [6.45, 7) is 3.08. The third kappa shape index (κ3) is 4.49. The maximum atomic E-state index is 11.3. The SMILES string of the molecule is COc1cc2c(cc1Nc1ncc3ccc(N(C)CC4CNC(=O)O4)cc3n1)CN(C)CC2. The van der Waals surface area contributed by atoms with Gasteiger partial charge in [-0.2, -0.15) is 0 Å². The Bertz CT molecular complexity index is 1200. The van der Waals surface area contributed by atoms with E-state index in [0.29, 0.717) is 19.0 Å². The lowest BCUT2D eigenvalue weighted by molar-refractivity contribution is 0.143. The Labute approximate surface area is 192 Å². The number of hydrogen-bond donors (Lipinski definition) is 2. The smallest absolute Gasteiger partial charge is 0.407 e. The second-order valence-corrected chi connectivity index (χ2v) is 8.66. The molecular weight excluding hydrogens is 420 g/mol. The molecule has 1 saturated heterocycles. The molecule has 0 aliphatic carbocycles. The van der Waals surface area contributed by atoms with Crippen molar-refractivity contribution in [3.05, 3.63) is 47.7 Å². The van der Waals surface area contributed by atoms with Crippen LogP contribution in [0.25, 0.3) is 10.9 Å². The highest BCUT2D eigenvalue weighted by Gasteiger charge is 2.24. The van der Waals surface area contributed by atoms with Gasteiger partial charge in [-0.15, -0.1) is 0 Å². The molecule has 3 heterocycles. The summed E-state index contributed by atoms with van der Waals surface area (Å²) in [5.74, 6) is 1.30. The van der Waals surface area contributed by atoms with Crippen molar-refractivity contribution in [2.45, 2.75) is 19.1 Å². The normalized spacial score (nSPS) is 17.9. The number of rotatable bonds is 6. The van der Waals surface area contributed by atoms with Crippen molar-refractivity contribution >= 4 is 34.3 Å². The topological polar surface area (TPSA) is 91.9 Å². The van der Waals surface area contributed by atoms with Crippen LogP contribution >= 0.6 is 0 Å². The van der Waals surface area contributed by atoms with Crippen LogP contribution in [-0.2, 0) is 17.7 Å². The summed E-state index contributed by atoms with van der Waals surface area (Å²) in [4.78, 5) is 24.9. The molecule has 1 aromatic heterocycles. The number of alkyl carbamates (subject to hydrolysis) is 1. The van der Waals surface area contributed by atoms with Gasteiger partial charge in [0, 0.05) is 37.4 Å². The summed E-state index contributed by atoms with van der Waals surface area (Å²) in [7, 11) is 5.79. The Balaban J connectivity index is 1.39. The third-order valence-corrected chi connectivity index (χ3v) is 6.20. The Morgan fingerprint density at radius 2 is 2.18 bits per heavy atom. The summed E-state index contributed by atoms with van der Waals surface area (Å²) in [6.07, 6.45) is 2.30. The summed E-state index contributed by atoms with van der Waals surface area (Å²) in [5.41, 5.74) is 5.29. The lowest BCUT2D eigenvalue weighted by atomic mass is 9.99. The Morgan fingerprint density at radius 3 is 2.97 bits per heavy atom. The van der Waals surface area contributed by atoms with Gasteiger partial charge in [-0.3, -0.25) is 0 Å². The fraction of sp³-hybridized carbons (Fsp3) is 0.375. The number of aromatic nitrogens is 2. The fourth-order valence-corrected chi connectivity index (χ4v) is 4.37. The zero-order chi connectivity index (χ0) is 22.9. The number of nitrogens with zero attached hydrogens (tertiary/aromatic N) is 4. The Morgan fingerprint density at radius 1 is 1.30 bits per heavy atom. The number of methoxy groups -OCH3 is 1. The van der Waals surface area contributed by atoms with E-state index in [0.717, 1.165) is 47.5 Å². The van der Waals surface area contributed by atoms with Crippen molar-refractivity contribution in [3.8, 4) is 5.75 Å². The molecule has 1 atom stereocenters. The first-order valence-electron chi connectivity index (χ1n) is 11.1. The Kier molecular flexibility index (Phi) is 5.63. The van der Waals surface area contributed by atoms with Crippen molar-refractivity contribution in [1.82, 2.24) is 20.2 Å². The highest BCUT2D eigenvalue weighted by molar-refractivity contribution is 5.83. The molecule has 2 aliphatic rings. The average Bonchev–Trinajstić information content (AvgIpc) is 3.22. The third-order valence-electron chi connectivity index (χ3n) is 6.20. The average molecular weight is 449 g/mol. The first-order valence-corrected chi connectivity index (χ1v) is 11.1. The lowest BCUT2D eigenvalue weighted by Gasteiger charge is -2.26. The quantitative estimate of drug-likeness (QED) is 0.595. The Hall–Kier alpha value is -3.59. The molecular formula is C24H28N6O3. The minimum Gasteiger partial charge on any atom is -0.495 e. The number of anilines is 3. The van der Waals surface area contributed by atoms with E-state index >= 15 is 0 Å². The molecule has 5 rings (SSSR count). The number of likely N-dealkylation sites (N-methyl/N-ethyl adjacent to an activating group) is 2. The van der Waals surface area contributed by atoms with E-state index in [1.807, 2.05) is 31.4 Å². The predicted molar refractivity (Wildman–Crippen MR) is 127 cm³/mol. The van der Waals surface area contributed by atoms with E-state index in [1.54, 1.807) is 7.11 Å². The number of amides is 1. The number of carbonyl (C=O) groups excluding carboxylic acids is 1. The van der Waals surface area contributed by atoms with E-state index in [2.05, 4.69) is 44.6 Å². The molecule has 3 aromatic rings. The molecule has 9 nitrogen and oxygen atoms in total. The minimum absolute atomic E-state index is 0.170. The van der Waals surface area contributed by atoms with Gasteiger partial charge in [0.05, 0.1) is 31.4 Å². The van der Waals surface area contributed by atoms with Gasteiger partial charge in [-0.25, -0.2) is 14.8 Å². The largest absolute Gasteiger partial charge is 0.495 e. The predicted octanol–water partition coefficient (Wildman–Crippen LogP) is 2.91. The lowest BCUT2D eigenvalue weighted by Crippen LogP contribution is -2.31. The van der Waals surface area contributed by atoms with Crippen molar-refractivity contribution < 1.29 is 14.3 Å². The molecule has 1 amide bonds. The molecule has 33 heavy (non-hydrogen) atoms. The molecule has 2 aliphatic heterocycles. The van der Waals surface area contributed by atoms with Crippen molar-refractivity contribution in [3.63, 3.8) is 0 Å². The van der Waals surface area contributed by atoms with Crippen LogP contribution in [-0.4, -0.2) is 67.9 Å². The van der Waals surface area contributed by atoms with Gasteiger partial charge in [0.25, 0.3) is 0 Å². The molecule has 0 saturated carbocycles. The molecule has 1 fully saturated rings. The van der Waals surface area contributed by atoms with Gasteiger partial charge in [-0.1, -0.05) is 0 Å². The van der Waals surface area contributed by atoms with Crippen LogP contribution in [0.3, 0.4) is 0 Å². The maximum Gasteiger partial charge on any atom is 0.407 e. The van der Waals surface area contributed by atoms with E-state index in [-0.39, 0.29) is 12.2 Å². The van der Waals surface area contributed by atoms with Gasteiger partial charge >= 0.3 is 6.09 Å². The van der Waals surface area contributed by atoms with Gasteiger partial charge in [-0.05, 0) is 54.9 Å². The van der Waals surface area contributed by atoms with Crippen LogP contribution in [0.5, 0.6) is 5.75 Å². The monoisotopic (exact) mass is 448 g/mol. The molecule has 2 N–H and O–H groups in total. The van der Waals surface area contributed by atoms with Crippen LogP contribution < -0.4 is 20.3 Å². The second-order valence-electron chi connectivity index (χ2n) is 8.66. The number of nitrogens with one attached hydrogen (secondary N) is 2. The van der Waals surface area contributed by atoms with Crippen LogP contribution in [0.1, 0.15) is 11.1 Å². The molecule has 0 bridgehead atoms. The standard InChI is InChI=1S/C24H28N6O3/c1-29-7-6-15-9-22(32-3)21(8-17(15)13-29)28-23-25-11-16-4-5-18(10-20(16)27-23)30(2)14-19-12-26-24(31)33-19/h4-5,8-11,19H,6-7,12-14H2,1-3H3,(H,26,31)(H,25,27,28). The fourth-order valence-electron chi connectivity index (χ4n) is 4.37. The zero-order valence-corrected chi connectivity index (χ0v) is 19.1. The van der Waals surface area contributed by atoms with Gasteiger partial charge in [0.15, 0.2) is 0 Å². The van der Waals surface area contributed by atoms with Crippen LogP contribution in [0, 0.1) is 0 Å². The number of fused-ring (bicyclic) bond motifs is 2. The minimum atomic E-state index is -0.361. The number of carbonyl (C=O) groups is 1. The highest BCUT2D eigenvalue weighted by atomic mass is 16.6. The van der Waals surface area contributed by atoms with E-state index < -0.39 is 0 Å². The van der Waals surface area contributed by atoms with Crippen LogP contribution in [0.4, 0.5) is 22.1 Å². The van der Waals surface area contributed by atoms with E-state index in [4.69, 9.17) is 14.5 Å². The van der Waals surface area contributed by atoms with Crippen molar-refractivity contribution in [2.75, 3.05) is 51.1 Å². The maximum absolute atomic E-state index is 11.3. The molecule has 0 spiro atoms. The number of hydrogen-bond acceptors (Lipinski definition) is 8. The molecule has 9 heteroatoms. The van der Waals surface area contributed by atoms with E-state index in [9.17, 15) is 4.79 Å². The summed E-state index contributed by atoms with van der Waals surface area (Å²) < 4.78 is 10.9.